The van der Waals surface area contributed by atoms with Crippen molar-refractivity contribution in [2.45, 2.75) is 25.2 Å². The van der Waals surface area contributed by atoms with E-state index in [-0.39, 0.29) is 17.9 Å². The molecule has 0 radical (unpaired) electrons. The SMILES string of the molecule is Fc1cccc(Cc2nc(C3CCOCC3)n[nH]2)c1F. The second-order valence-corrected chi connectivity index (χ2v) is 4.92. The third kappa shape index (κ3) is 2.70. The molecule has 2 heterocycles. The Kier molecular flexibility index (Phi) is 3.73. The second kappa shape index (κ2) is 5.66. The van der Waals surface area contributed by atoms with Crippen molar-refractivity contribution in [2.75, 3.05) is 13.2 Å². The first-order valence-electron chi connectivity index (χ1n) is 6.66. The average molecular weight is 279 g/mol. The van der Waals surface area contributed by atoms with Crippen molar-refractivity contribution < 1.29 is 13.5 Å². The number of halogens is 2. The molecule has 0 unspecified atom stereocenters. The van der Waals surface area contributed by atoms with Crippen molar-refractivity contribution in [3.8, 4) is 0 Å². The van der Waals surface area contributed by atoms with Gasteiger partial charge in [-0.15, -0.1) is 0 Å². The van der Waals surface area contributed by atoms with E-state index >= 15 is 0 Å². The molecule has 0 saturated carbocycles. The lowest BCUT2D eigenvalue weighted by atomic mass is 10.00. The minimum Gasteiger partial charge on any atom is -0.381 e. The summed E-state index contributed by atoms with van der Waals surface area (Å²) in [4.78, 5) is 4.39. The maximum atomic E-state index is 13.6. The fraction of sp³-hybridized carbons (Fsp3) is 0.429. The molecule has 1 saturated heterocycles. The Hall–Kier alpha value is -1.82. The fourth-order valence-electron chi connectivity index (χ4n) is 2.39. The van der Waals surface area contributed by atoms with Crippen molar-refractivity contribution in [2.24, 2.45) is 0 Å². The number of ether oxygens (including phenoxy) is 1. The summed E-state index contributed by atoms with van der Waals surface area (Å²) in [5, 5.41) is 6.99. The summed E-state index contributed by atoms with van der Waals surface area (Å²) in [6.45, 7) is 1.43. The van der Waals surface area contributed by atoms with Gasteiger partial charge in [0.15, 0.2) is 17.5 Å². The lowest BCUT2D eigenvalue weighted by molar-refractivity contribution is 0.0836. The monoisotopic (exact) mass is 279 g/mol. The maximum Gasteiger partial charge on any atom is 0.162 e. The van der Waals surface area contributed by atoms with Crippen LogP contribution in [0.1, 0.15) is 36.0 Å². The molecule has 6 heteroatoms. The topological polar surface area (TPSA) is 50.8 Å². The van der Waals surface area contributed by atoms with Gasteiger partial charge in [0, 0.05) is 25.6 Å². The van der Waals surface area contributed by atoms with Crippen LogP contribution in [0.25, 0.3) is 0 Å². The van der Waals surface area contributed by atoms with E-state index in [2.05, 4.69) is 15.2 Å². The summed E-state index contributed by atoms with van der Waals surface area (Å²) in [6, 6.07) is 4.14. The van der Waals surface area contributed by atoms with Crippen LogP contribution in [-0.2, 0) is 11.2 Å². The first kappa shape index (κ1) is 13.2. The molecule has 4 nitrogen and oxygen atoms in total. The van der Waals surface area contributed by atoms with Gasteiger partial charge in [0.05, 0.1) is 0 Å². The highest BCUT2D eigenvalue weighted by Crippen LogP contribution is 2.24. The first-order chi connectivity index (χ1) is 9.74. The molecular weight excluding hydrogens is 264 g/mol. The van der Waals surface area contributed by atoms with Crippen LogP contribution in [0.5, 0.6) is 0 Å². The van der Waals surface area contributed by atoms with Crippen LogP contribution in [0.4, 0.5) is 8.78 Å². The summed E-state index contributed by atoms with van der Waals surface area (Å²) in [6.07, 6.45) is 2.00. The molecule has 1 N–H and O–H groups in total. The molecule has 0 aliphatic carbocycles. The van der Waals surface area contributed by atoms with Crippen LogP contribution >= 0.6 is 0 Å². The van der Waals surface area contributed by atoms with E-state index in [4.69, 9.17) is 4.74 Å². The second-order valence-electron chi connectivity index (χ2n) is 4.92. The largest absolute Gasteiger partial charge is 0.381 e. The van der Waals surface area contributed by atoms with Crippen LogP contribution in [0.15, 0.2) is 18.2 Å². The van der Waals surface area contributed by atoms with Crippen molar-refractivity contribution in [3.05, 3.63) is 47.0 Å². The number of rotatable bonds is 3. The summed E-state index contributed by atoms with van der Waals surface area (Å²) >= 11 is 0. The third-order valence-electron chi connectivity index (χ3n) is 3.52. The minimum absolute atomic E-state index is 0.208. The Morgan fingerprint density at radius 3 is 2.85 bits per heavy atom. The predicted octanol–water partition coefficient (Wildman–Crippen LogP) is 2.57. The van der Waals surface area contributed by atoms with E-state index in [1.54, 1.807) is 6.07 Å². The van der Waals surface area contributed by atoms with Gasteiger partial charge in [-0.25, -0.2) is 13.8 Å². The molecule has 0 spiro atoms. The van der Waals surface area contributed by atoms with Gasteiger partial charge in [0.2, 0.25) is 0 Å². The highest BCUT2D eigenvalue weighted by molar-refractivity contribution is 5.22. The zero-order chi connectivity index (χ0) is 13.9. The Morgan fingerprint density at radius 2 is 2.05 bits per heavy atom. The summed E-state index contributed by atoms with van der Waals surface area (Å²) in [5.74, 6) is -0.0922. The lowest BCUT2D eigenvalue weighted by Gasteiger charge is -2.18. The number of aromatic amines is 1. The van der Waals surface area contributed by atoms with Crippen molar-refractivity contribution in [1.29, 1.82) is 0 Å². The van der Waals surface area contributed by atoms with Gasteiger partial charge in [-0.1, -0.05) is 12.1 Å². The summed E-state index contributed by atoms with van der Waals surface area (Å²) < 4.78 is 32.0. The molecule has 1 aromatic heterocycles. The van der Waals surface area contributed by atoms with Crippen LogP contribution in [0.2, 0.25) is 0 Å². The van der Waals surface area contributed by atoms with Crippen molar-refractivity contribution in [3.63, 3.8) is 0 Å². The average Bonchev–Trinajstić information content (AvgIpc) is 2.93. The molecule has 0 amide bonds. The van der Waals surface area contributed by atoms with Gasteiger partial charge in [-0.2, -0.15) is 5.10 Å². The summed E-state index contributed by atoms with van der Waals surface area (Å²) in [5.41, 5.74) is 0.277. The van der Waals surface area contributed by atoms with Crippen LogP contribution < -0.4 is 0 Å². The molecular formula is C14H15F2N3O. The Bertz CT molecular complexity index is 594. The third-order valence-corrected chi connectivity index (χ3v) is 3.52. The van der Waals surface area contributed by atoms with E-state index in [1.165, 1.54) is 6.07 Å². The van der Waals surface area contributed by atoms with E-state index in [0.29, 0.717) is 19.0 Å². The highest BCUT2D eigenvalue weighted by atomic mass is 19.2. The Balaban J connectivity index is 1.75. The van der Waals surface area contributed by atoms with E-state index in [9.17, 15) is 8.78 Å². The number of benzene rings is 1. The van der Waals surface area contributed by atoms with Gasteiger partial charge in [-0.3, -0.25) is 5.10 Å². The maximum absolute atomic E-state index is 13.6. The molecule has 20 heavy (non-hydrogen) atoms. The quantitative estimate of drug-likeness (QED) is 0.939. The number of H-pyrrole nitrogens is 1. The number of hydrogen-bond donors (Lipinski definition) is 1. The molecule has 1 fully saturated rings. The number of nitrogens with zero attached hydrogens (tertiary/aromatic N) is 2. The molecule has 2 aromatic rings. The van der Waals surface area contributed by atoms with E-state index < -0.39 is 11.6 Å². The van der Waals surface area contributed by atoms with E-state index in [0.717, 1.165) is 24.7 Å². The van der Waals surface area contributed by atoms with Gasteiger partial charge in [-0.05, 0) is 24.5 Å². The Labute approximate surface area is 115 Å². The van der Waals surface area contributed by atoms with Gasteiger partial charge in [0.1, 0.15) is 5.82 Å². The standard InChI is InChI=1S/C14H15F2N3O/c15-11-3-1-2-10(13(11)16)8-12-17-14(19-18-12)9-4-6-20-7-5-9/h1-3,9H,4-8H2,(H,17,18,19). The van der Waals surface area contributed by atoms with Crippen molar-refractivity contribution in [1.82, 2.24) is 15.2 Å². The molecule has 0 atom stereocenters. The predicted molar refractivity (Wildman–Crippen MR) is 68.3 cm³/mol. The molecule has 106 valence electrons. The van der Waals surface area contributed by atoms with E-state index in [1.807, 2.05) is 0 Å². The van der Waals surface area contributed by atoms with Crippen LogP contribution in [0, 0.1) is 11.6 Å². The zero-order valence-corrected chi connectivity index (χ0v) is 10.9. The highest BCUT2D eigenvalue weighted by Gasteiger charge is 2.20. The van der Waals surface area contributed by atoms with Gasteiger partial charge < -0.3 is 4.74 Å². The normalized spacial score (nSPS) is 16.5. The first-order valence-corrected chi connectivity index (χ1v) is 6.66. The van der Waals surface area contributed by atoms with Gasteiger partial charge >= 0.3 is 0 Å². The number of nitrogens with one attached hydrogen (secondary N) is 1. The van der Waals surface area contributed by atoms with Gasteiger partial charge in [0.25, 0.3) is 0 Å². The molecule has 3 rings (SSSR count). The molecule has 1 aromatic carbocycles. The number of hydrogen-bond acceptors (Lipinski definition) is 3. The fourth-order valence-corrected chi connectivity index (χ4v) is 2.39. The minimum atomic E-state index is -0.841. The van der Waals surface area contributed by atoms with Crippen LogP contribution in [0.3, 0.4) is 0 Å². The molecule has 1 aliphatic heterocycles. The Morgan fingerprint density at radius 1 is 1.25 bits per heavy atom. The molecule has 0 bridgehead atoms. The van der Waals surface area contributed by atoms with Crippen molar-refractivity contribution >= 4 is 0 Å². The van der Waals surface area contributed by atoms with Crippen LogP contribution in [-0.4, -0.2) is 28.4 Å². The number of aromatic nitrogens is 3. The molecule has 1 aliphatic rings. The smallest absolute Gasteiger partial charge is 0.162 e. The lowest BCUT2D eigenvalue weighted by Crippen LogP contribution is -2.15. The summed E-state index contributed by atoms with van der Waals surface area (Å²) in [7, 11) is 0. The zero-order valence-electron chi connectivity index (χ0n) is 10.9.